The zero-order valence-electron chi connectivity index (χ0n) is 25.9. The van der Waals surface area contributed by atoms with Crippen LogP contribution < -0.4 is 26.6 Å². The van der Waals surface area contributed by atoms with E-state index in [1.165, 1.54) is 11.8 Å². The van der Waals surface area contributed by atoms with E-state index in [1.807, 2.05) is 60.7 Å². The molecule has 2 aliphatic heterocycles. The van der Waals surface area contributed by atoms with Crippen LogP contribution in [0.1, 0.15) is 44.7 Å². The van der Waals surface area contributed by atoms with E-state index in [0.29, 0.717) is 19.4 Å². The zero-order chi connectivity index (χ0) is 32.5. The van der Waals surface area contributed by atoms with Crippen molar-refractivity contribution in [2.24, 2.45) is 5.92 Å². The van der Waals surface area contributed by atoms with Gasteiger partial charge in [0.1, 0.15) is 30.2 Å². The van der Waals surface area contributed by atoms with E-state index >= 15 is 0 Å². The molecule has 4 rings (SSSR count). The topological polar surface area (TPSA) is 166 Å². The van der Waals surface area contributed by atoms with E-state index in [-0.39, 0.29) is 25.3 Å². The van der Waals surface area contributed by atoms with Gasteiger partial charge in [-0.1, -0.05) is 74.5 Å². The molecule has 0 bridgehead atoms. The van der Waals surface area contributed by atoms with Crippen molar-refractivity contribution in [2.75, 3.05) is 13.1 Å². The maximum absolute atomic E-state index is 13.9. The summed E-state index contributed by atoms with van der Waals surface area (Å²) in [5.74, 6) is -3.60. The fourth-order valence-electron chi connectivity index (χ4n) is 5.57. The normalized spacial score (nSPS) is 25.7. The largest absolute Gasteiger partial charge is 0.345 e. The van der Waals surface area contributed by atoms with Crippen molar-refractivity contribution in [2.45, 2.75) is 76.7 Å². The molecule has 5 N–H and O–H groups in total. The Morgan fingerprint density at radius 3 is 1.78 bits per heavy atom. The smallest absolute Gasteiger partial charge is 0.243 e. The molecular formula is C33H42N6O6. The van der Waals surface area contributed by atoms with Gasteiger partial charge in [-0.2, -0.15) is 0 Å². The predicted molar refractivity (Wildman–Crippen MR) is 166 cm³/mol. The van der Waals surface area contributed by atoms with Crippen molar-refractivity contribution in [1.82, 2.24) is 31.5 Å². The van der Waals surface area contributed by atoms with Crippen LogP contribution in [0.4, 0.5) is 0 Å². The van der Waals surface area contributed by atoms with Gasteiger partial charge >= 0.3 is 0 Å². The summed E-state index contributed by atoms with van der Waals surface area (Å²) < 4.78 is 0. The maximum atomic E-state index is 13.9. The molecule has 0 aliphatic carbocycles. The number of hydrogen-bond donors (Lipinski definition) is 5. The van der Waals surface area contributed by atoms with Gasteiger partial charge in [-0.3, -0.25) is 28.8 Å². The maximum Gasteiger partial charge on any atom is 0.243 e. The molecule has 45 heavy (non-hydrogen) atoms. The first-order valence-electron chi connectivity index (χ1n) is 15.4. The van der Waals surface area contributed by atoms with Crippen LogP contribution in [0.2, 0.25) is 0 Å². The molecule has 2 saturated heterocycles. The molecule has 5 atom stereocenters. The van der Waals surface area contributed by atoms with Gasteiger partial charge in [-0.05, 0) is 36.8 Å². The molecular weight excluding hydrogens is 576 g/mol. The number of fused-ring (bicyclic) bond motifs is 1. The quantitative estimate of drug-likeness (QED) is 0.321. The van der Waals surface area contributed by atoms with Gasteiger partial charge in [0.2, 0.25) is 35.4 Å². The average Bonchev–Trinajstić information content (AvgIpc) is 3.52. The van der Waals surface area contributed by atoms with Crippen molar-refractivity contribution < 1.29 is 28.8 Å². The highest BCUT2D eigenvalue weighted by atomic mass is 16.2. The molecule has 2 heterocycles. The summed E-state index contributed by atoms with van der Waals surface area (Å²) in [6.07, 6.45) is 1.25. The number of hydrogen-bond acceptors (Lipinski definition) is 6. The summed E-state index contributed by atoms with van der Waals surface area (Å²) >= 11 is 0. The lowest BCUT2D eigenvalue weighted by molar-refractivity contribution is -0.140. The summed E-state index contributed by atoms with van der Waals surface area (Å²) in [5.41, 5.74) is 1.55. The molecule has 5 unspecified atom stereocenters. The third kappa shape index (κ3) is 8.90. The molecule has 240 valence electrons. The fourth-order valence-corrected chi connectivity index (χ4v) is 5.57. The van der Waals surface area contributed by atoms with E-state index in [0.717, 1.165) is 11.1 Å². The predicted octanol–water partition coefficient (Wildman–Crippen LogP) is 0.208. The second-order valence-electron chi connectivity index (χ2n) is 11.9. The van der Waals surface area contributed by atoms with Crippen LogP contribution >= 0.6 is 0 Å². The van der Waals surface area contributed by atoms with Gasteiger partial charge in [-0.15, -0.1) is 0 Å². The number of rotatable bonds is 5. The number of amides is 6. The van der Waals surface area contributed by atoms with Crippen LogP contribution in [0.3, 0.4) is 0 Å². The highest BCUT2D eigenvalue weighted by Crippen LogP contribution is 2.18. The second-order valence-corrected chi connectivity index (χ2v) is 11.9. The summed E-state index contributed by atoms with van der Waals surface area (Å²) in [4.78, 5) is 81.8. The number of nitrogens with zero attached hydrogens (tertiary/aromatic N) is 1. The summed E-state index contributed by atoms with van der Waals surface area (Å²) in [6.45, 7) is 5.00. The molecule has 6 amide bonds. The van der Waals surface area contributed by atoms with E-state index in [9.17, 15) is 28.8 Å². The lowest BCUT2D eigenvalue weighted by Crippen LogP contribution is -2.61. The average molecular weight is 619 g/mol. The Morgan fingerprint density at radius 1 is 0.689 bits per heavy atom. The Hall–Kier alpha value is -4.74. The third-order valence-corrected chi connectivity index (χ3v) is 8.12. The van der Waals surface area contributed by atoms with Crippen molar-refractivity contribution in [3.05, 3.63) is 71.8 Å². The van der Waals surface area contributed by atoms with Gasteiger partial charge in [-0.25, -0.2) is 0 Å². The van der Waals surface area contributed by atoms with Crippen LogP contribution in [0.5, 0.6) is 0 Å². The first kappa shape index (κ1) is 33.2. The standard InChI is InChI=1S/C33H42N6O6/c1-20(2)28-33(45)37-25(18-23-13-8-5-9-14-23)31(43)36-24(17-22-11-6-4-7-12-22)30(42)35-21(3)29(41)34-19-27(40)39-16-10-15-26(39)32(44)38-28/h4-9,11-14,20-21,24-26,28H,10,15-19H2,1-3H3,(H,34,41)(H,35,42)(H,36,43)(H,37,45)(H,38,44). The Kier molecular flexibility index (Phi) is 11.3. The molecule has 0 radical (unpaired) electrons. The monoisotopic (exact) mass is 618 g/mol. The van der Waals surface area contributed by atoms with Crippen LogP contribution in [-0.4, -0.2) is 83.6 Å². The Morgan fingerprint density at radius 2 is 1.22 bits per heavy atom. The van der Waals surface area contributed by atoms with Crippen LogP contribution in [0, 0.1) is 5.92 Å². The van der Waals surface area contributed by atoms with Crippen molar-refractivity contribution in [1.29, 1.82) is 0 Å². The number of nitrogens with one attached hydrogen (secondary N) is 5. The van der Waals surface area contributed by atoms with Crippen LogP contribution in [0.25, 0.3) is 0 Å². The van der Waals surface area contributed by atoms with Crippen molar-refractivity contribution >= 4 is 35.4 Å². The van der Waals surface area contributed by atoms with E-state index in [2.05, 4.69) is 26.6 Å². The van der Waals surface area contributed by atoms with Crippen LogP contribution in [0.15, 0.2) is 60.7 Å². The van der Waals surface area contributed by atoms with Gasteiger partial charge in [0, 0.05) is 19.4 Å². The minimum atomic E-state index is -1.09. The van der Waals surface area contributed by atoms with E-state index in [4.69, 9.17) is 0 Å². The summed E-state index contributed by atoms with van der Waals surface area (Å²) in [7, 11) is 0. The third-order valence-electron chi connectivity index (χ3n) is 8.12. The van der Waals surface area contributed by atoms with Crippen molar-refractivity contribution in [3.63, 3.8) is 0 Å². The molecule has 2 aromatic carbocycles. The first-order valence-corrected chi connectivity index (χ1v) is 15.4. The fraction of sp³-hybridized carbons (Fsp3) is 0.455. The molecule has 12 heteroatoms. The van der Waals surface area contributed by atoms with Gasteiger partial charge < -0.3 is 31.5 Å². The van der Waals surface area contributed by atoms with Gasteiger partial charge in [0.15, 0.2) is 0 Å². The molecule has 0 saturated carbocycles. The second kappa shape index (κ2) is 15.3. The lowest BCUT2D eigenvalue weighted by atomic mass is 9.99. The van der Waals surface area contributed by atoms with Crippen LogP contribution in [-0.2, 0) is 41.6 Å². The number of carbonyl (C=O) groups excluding carboxylic acids is 6. The van der Waals surface area contributed by atoms with Crippen molar-refractivity contribution in [3.8, 4) is 0 Å². The molecule has 0 aromatic heterocycles. The first-order chi connectivity index (χ1) is 21.5. The summed E-state index contributed by atoms with van der Waals surface area (Å²) in [5, 5.41) is 13.6. The SMILES string of the molecule is CC1NC(=O)C(Cc2ccccc2)NC(=O)C(Cc2ccccc2)NC(=O)C(C(C)C)NC(=O)C2CCCN2C(=O)CNC1=O. The molecule has 12 nitrogen and oxygen atoms in total. The minimum Gasteiger partial charge on any atom is -0.345 e. The Labute approximate surface area is 263 Å². The van der Waals surface area contributed by atoms with E-state index < -0.39 is 65.7 Å². The number of carbonyl (C=O) groups is 6. The lowest BCUT2D eigenvalue weighted by Gasteiger charge is -2.30. The highest BCUT2D eigenvalue weighted by molar-refractivity contribution is 5.97. The number of benzene rings is 2. The molecule has 2 aromatic rings. The van der Waals surface area contributed by atoms with E-state index in [1.54, 1.807) is 13.8 Å². The molecule has 2 fully saturated rings. The minimum absolute atomic E-state index is 0.123. The zero-order valence-corrected chi connectivity index (χ0v) is 25.9. The summed E-state index contributed by atoms with van der Waals surface area (Å²) in [6, 6.07) is 13.2. The highest BCUT2D eigenvalue weighted by Gasteiger charge is 2.38. The van der Waals surface area contributed by atoms with Gasteiger partial charge in [0.25, 0.3) is 0 Å². The molecule has 2 aliphatic rings. The molecule has 0 spiro atoms. The van der Waals surface area contributed by atoms with Gasteiger partial charge in [0.05, 0.1) is 6.54 Å². The Bertz CT molecular complexity index is 1380. The Balaban J connectivity index is 1.68.